The molecule has 0 radical (unpaired) electrons. The van der Waals surface area contributed by atoms with Gasteiger partial charge in [0.15, 0.2) is 0 Å². The fourth-order valence-corrected chi connectivity index (χ4v) is 2.93. The van der Waals surface area contributed by atoms with E-state index in [2.05, 4.69) is 25.1 Å². The first kappa shape index (κ1) is 15.0. The zero-order valence-electron chi connectivity index (χ0n) is 11.3. The molecular weight excluding hydrogens is 244 g/mol. The molecule has 3 nitrogen and oxygen atoms in total. The Bertz CT molecular complexity index is 367. The molecule has 2 atom stereocenters. The molecule has 1 heterocycles. The van der Waals surface area contributed by atoms with Crippen LogP contribution in [0.5, 0.6) is 0 Å². The summed E-state index contributed by atoms with van der Waals surface area (Å²) in [5.41, 5.74) is 6.72. The number of amides is 1. The van der Waals surface area contributed by atoms with Gasteiger partial charge in [-0.1, -0.05) is 13.8 Å². The Labute approximate surface area is 114 Å². The van der Waals surface area contributed by atoms with Gasteiger partial charge in [-0.05, 0) is 42.7 Å². The molecule has 18 heavy (non-hydrogen) atoms. The Morgan fingerprint density at radius 2 is 1.94 bits per heavy atom. The number of thioether (sulfide) groups is 1. The summed E-state index contributed by atoms with van der Waals surface area (Å²) in [6, 6.07) is 4.08. The van der Waals surface area contributed by atoms with Crippen molar-refractivity contribution in [1.29, 1.82) is 0 Å². The zero-order valence-corrected chi connectivity index (χ0v) is 12.1. The summed E-state index contributed by atoms with van der Waals surface area (Å²) in [5.74, 6) is 0.100. The quantitative estimate of drug-likeness (QED) is 0.825. The second-order valence-electron chi connectivity index (χ2n) is 4.84. The van der Waals surface area contributed by atoms with E-state index in [1.165, 1.54) is 5.56 Å². The molecule has 0 spiro atoms. The van der Waals surface area contributed by atoms with Crippen molar-refractivity contribution in [2.24, 2.45) is 17.6 Å². The van der Waals surface area contributed by atoms with Crippen LogP contribution in [0.2, 0.25) is 0 Å². The highest BCUT2D eigenvalue weighted by Crippen LogP contribution is 2.33. The van der Waals surface area contributed by atoms with Crippen molar-refractivity contribution >= 4 is 17.7 Å². The van der Waals surface area contributed by atoms with E-state index < -0.39 is 0 Å². The lowest BCUT2D eigenvalue weighted by Crippen LogP contribution is -2.27. The lowest BCUT2D eigenvalue weighted by molar-refractivity contribution is -0.123. The van der Waals surface area contributed by atoms with Crippen molar-refractivity contribution in [2.75, 3.05) is 6.26 Å². The molecule has 0 saturated heterocycles. The van der Waals surface area contributed by atoms with Crippen LogP contribution < -0.4 is 5.73 Å². The van der Waals surface area contributed by atoms with Crippen molar-refractivity contribution in [3.63, 3.8) is 0 Å². The van der Waals surface area contributed by atoms with Gasteiger partial charge in [0.25, 0.3) is 0 Å². The van der Waals surface area contributed by atoms with Crippen LogP contribution in [0.15, 0.2) is 24.5 Å². The third kappa shape index (κ3) is 4.33. The molecule has 1 amide bonds. The minimum atomic E-state index is -0.181. The zero-order chi connectivity index (χ0) is 13.5. The summed E-state index contributed by atoms with van der Waals surface area (Å²) in [5, 5.41) is 0.411. The third-order valence-electron chi connectivity index (χ3n) is 3.27. The van der Waals surface area contributed by atoms with Gasteiger partial charge in [-0.3, -0.25) is 9.78 Å². The van der Waals surface area contributed by atoms with Crippen LogP contribution in [-0.2, 0) is 4.79 Å². The van der Waals surface area contributed by atoms with E-state index >= 15 is 0 Å². The SMILES string of the molecule is CSC(CCC(C(N)=O)C(C)C)c1ccncc1. The molecule has 1 aromatic heterocycles. The first-order valence-corrected chi connectivity index (χ1v) is 7.57. The minimum Gasteiger partial charge on any atom is -0.369 e. The van der Waals surface area contributed by atoms with Crippen LogP contribution in [0.25, 0.3) is 0 Å². The van der Waals surface area contributed by atoms with Crippen molar-refractivity contribution in [3.8, 4) is 0 Å². The lowest BCUT2D eigenvalue weighted by atomic mass is 9.89. The highest BCUT2D eigenvalue weighted by atomic mass is 32.2. The second kappa shape index (κ2) is 7.41. The van der Waals surface area contributed by atoms with E-state index in [-0.39, 0.29) is 11.8 Å². The van der Waals surface area contributed by atoms with Gasteiger partial charge in [-0.15, -0.1) is 0 Å². The Hall–Kier alpha value is -1.03. The van der Waals surface area contributed by atoms with E-state index in [1.54, 1.807) is 0 Å². The monoisotopic (exact) mass is 266 g/mol. The number of nitrogens with two attached hydrogens (primary N) is 1. The number of aromatic nitrogens is 1. The van der Waals surface area contributed by atoms with Crippen LogP contribution in [0.1, 0.15) is 37.5 Å². The highest BCUT2D eigenvalue weighted by Gasteiger charge is 2.21. The maximum absolute atomic E-state index is 11.4. The summed E-state index contributed by atoms with van der Waals surface area (Å²) in [6.45, 7) is 4.10. The largest absolute Gasteiger partial charge is 0.369 e. The fourth-order valence-electron chi connectivity index (χ4n) is 2.13. The van der Waals surface area contributed by atoms with E-state index in [4.69, 9.17) is 5.73 Å². The van der Waals surface area contributed by atoms with Gasteiger partial charge in [-0.25, -0.2) is 0 Å². The Kier molecular flexibility index (Phi) is 6.19. The molecule has 0 aromatic carbocycles. The first-order chi connectivity index (χ1) is 8.56. The van der Waals surface area contributed by atoms with E-state index in [0.29, 0.717) is 11.2 Å². The number of rotatable bonds is 7. The maximum Gasteiger partial charge on any atom is 0.220 e. The standard InChI is InChI=1S/C14H22N2OS/c1-10(2)12(14(15)17)4-5-13(18-3)11-6-8-16-9-7-11/h6-10,12-13H,4-5H2,1-3H3,(H2,15,17). The van der Waals surface area contributed by atoms with Crippen LogP contribution in [0.4, 0.5) is 0 Å². The fraction of sp³-hybridized carbons (Fsp3) is 0.571. The van der Waals surface area contributed by atoms with E-state index in [1.807, 2.05) is 36.3 Å². The molecule has 1 aromatic rings. The molecule has 0 aliphatic rings. The van der Waals surface area contributed by atoms with Crippen molar-refractivity contribution in [1.82, 2.24) is 4.98 Å². The molecule has 1 rings (SSSR count). The Balaban J connectivity index is 2.62. The lowest BCUT2D eigenvalue weighted by Gasteiger charge is -2.20. The smallest absolute Gasteiger partial charge is 0.220 e. The van der Waals surface area contributed by atoms with Crippen molar-refractivity contribution in [2.45, 2.75) is 31.9 Å². The normalized spacial score (nSPS) is 14.4. The number of nitrogens with zero attached hydrogens (tertiary/aromatic N) is 1. The van der Waals surface area contributed by atoms with Gasteiger partial charge in [0.2, 0.25) is 5.91 Å². The average Bonchev–Trinajstić information content (AvgIpc) is 2.34. The van der Waals surface area contributed by atoms with E-state index in [0.717, 1.165) is 12.8 Å². The number of hydrogen-bond acceptors (Lipinski definition) is 3. The predicted molar refractivity (Wildman–Crippen MR) is 77.2 cm³/mol. The summed E-state index contributed by atoms with van der Waals surface area (Å²) < 4.78 is 0. The minimum absolute atomic E-state index is 0.0264. The van der Waals surface area contributed by atoms with Crippen LogP contribution >= 0.6 is 11.8 Å². The summed E-state index contributed by atoms with van der Waals surface area (Å²) in [6.07, 6.45) is 7.54. The van der Waals surface area contributed by atoms with Crippen molar-refractivity contribution in [3.05, 3.63) is 30.1 Å². The van der Waals surface area contributed by atoms with Crippen molar-refractivity contribution < 1.29 is 4.79 Å². The topological polar surface area (TPSA) is 56.0 Å². The molecule has 2 unspecified atom stereocenters. The molecular formula is C14H22N2OS. The molecule has 100 valence electrons. The van der Waals surface area contributed by atoms with Gasteiger partial charge in [0.05, 0.1) is 0 Å². The van der Waals surface area contributed by atoms with Gasteiger partial charge in [0.1, 0.15) is 0 Å². The number of pyridine rings is 1. The third-order valence-corrected chi connectivity index (χ3v) is 4.35. The summed E-state index contributed by atoms with van der Waals surface area (Å²) in [4.78, 5) is 15.4. The highest BCUT2D eigenvalue weighted by molar-refractivity contribution is 7.98. The van der Waals surface area contributed by atoms with Gasteiger partial charge >= 0.3 is 0 Å². The first-order valence-electron chi connectivity index (χ1n) is 6.28. The molecule has 0 fully saturated rings. The van der Waals surface area contributed by atoms with Crippen LogP contribution in [0.3, 0.4) is 0 Å². The molecule has 2 N–H and O–H groups in total. The predicted octanol–water partition coefficient (Wildman–Crippen LogP) is 3.02. The number of carbonyl (C=O) groups is 1. The summed E-state index contributed by atoms with van der Waals surface area (Å²) >= 11 is 1.81. The van der Waals surface area contributed by atoms with Crippen LogP contribution in [-0.4, -0.2) is 17.1 Å². The second-order valence-corrected chi connectivity index (χ2v) is 5.88. The van der Waals surface area contributed by atoms with Gasteiger partial charge in [0, 0.05) is 23.6 Å². The van der Waals surface area contributed by atoms with E-state index in [9.17, 15) is 4.79 Å². The van der Waals surface area contributed by atoms with Gasteiger partial charge < -0.3 is 5.73 Å². The average molecular weight is 266 g/mol. The molecule has 0 bridgehead atoms. The molecule has 0 aliphatic carbocycles. The maximum atomic E-state index is 11.4. The number of hydrogen-bond donors (Lipinski definition) is 1. The summed E-state index contributed by atoms with van der Waals surface area (Å²) in [7, 11) is 0. The van der Waals surface area contributed by atoms with Crippen LogP contribution in [0, 0.1) is 11.8 Å². The molecule has 0 saturated carbocycles. The Morgan fingerprint density at radius 1 is 1.33 bits per heavy atom. The Morgan fingerprint density at radius 3 is 2.39 bits per heavy atom. The number of carbonyl (C=O) groups excluding carboxylic acids is 1. The van der Waals surface area contributed by atoms with Gasteiger partial charge in [-0.2, -0.15) is 11.8 Å². The molecule has 0 aliphatic heterocycles. The molecule has 4 heteroatoms. The number of primary amides is 1.